The van der Waals surface area contributed by atoms with Gasteiger partial charge in [-0.3, -0.25) is 4.79 Å². The number of hydrogen-bond acceptors (Lipinski definition) is 4. The third-order valence-corrected chi connectivity index (χ3v) is 4.38. The zero-order valence-corrected chi connectivity index (χ0v) is 15.6. The Morgan fingerprint density at radius 2 is 1.92 bits per heavy atom. The second kappa shape index (κ2) is 8.26. The molecule has 0 saturated heterocycles. The van der Waals surface area contributed by atoms with E-state index in [4.69, 9.17) is 10.2 Å². The molecule has 0 aliphatic heterocycles. The van der Waals surface area contributed by atoms with Crippen LogP contribution < -0.4 is 11.1 Å². The Bertz CT molecular complexity index is 849. The number of nitrogens with two attached hydrogens (primary N) is 1. The average Bonchev–Trinajstić information content (AvgIpc) is 3.11. The number of rotatable bonds is 6. The molecule has 0 saturated carbocycles. The molecule has 25 heavy (non-hydrogen) atoms. The van der Waals surface area contributed by atoms with Gasteiger partial charge in [0.15, 0.2) is 5.69 Å². The molecule has 1 amide bonds. The van der Waals surface area contributed by atoms with Crippen LogP contribution in [0.4, 0.5) is 0 Å². The number of hydrogen-bond donors (Lipinski definition) is 2. The Labute approximate surface area is 159 Å². The summed E-state index contributed by atoms with van der Waals surface area (Å²) in [5.41, 5.74) is 8.50. The monoisotopic (exact) mass is 447 g/mol. The highest BCUT2D eigenvalue weighted by Crippen LogP contribution is 2.16. The highest BCUT2D eigenvalue weighted by atomic mass is 127. The Hall–Kier alpha value is -2.19. The van der Waals surface area contributed by atoms with Crippen LogP contribution >= 0.6 is 22.6 Å². The van der Waals surface area contributed by atoms with Gasteiger partial charge in [-0.1, -0.05) is 42.5 Å². The third-order valence-electron chi connectivity index (χ3n) is 3.71. The van der Waals surface area contributed by atoms with Gasteiger partial charge >= 0.3 is 0 Å². The molecule has 0 spiro atoms. The minimum atomic E-state index is -0.389. The highest BCUT2D eigenvalue weighted by molar-refractivity contribution is 14.1. The van der Waals surface area contributed by atoms with E-state index in [0.29, 0.717) is 18.9 Å². The van der Waals surface area contributed by atoms with Crippen molar-refractivity contribution < 1.29 is 9.21 Å². The van der Waals surface area contributed by atoms with Crippen molar-refractivity contribution in [2.24, 2.45) is 5.73 Å². The summed E-state index contributed by atoms with van der Waals surface area (Å²) in [5.74, 6) is 0.0871. The molecule has 1 aromatic heterocycles. The van der Waals surface area contributed by atoms with Gasteiger partial charge in [0, 0.05) is 10.1 Å². The van der Waals surface area contributed by atoms with Crippen LogP contribution in [0.5, 0.6) is 0 Å². The Morgan fingerprint density at radius 3 is 2.68 bits per heavy atom. The first-order valence-electron chi connectivity index (χ1n) is 7.89. The van der Waals surface area contributed by atoms with Crippen LogP contribution in [0.2, 0.25) is 0 Å². The predicted molar refractivity (Wildman–Crippen MR) is 104 cm³/mol. The van der Waals surface area contributed by atoms with E-state index in [1.807, 2.05) is 54.6 Å². The summed E-state index contributed by atoms with van der Waals surface area (Å²) in [5, 5.41) is 2.84. The lowest BCUT2D eigenvalue weighted by Gasteiger charge is -2.07. The lowest BCUT2D eigenvalue weighted by atomic mass is 10.1. The first kappa shape index (κ1) is 17.6. The molecule has 0 bridgehead atoms. The summed E-state index contributed by atoms with van der Waals surface area (Å²) < 4.78 is 6.52. The summed E-state index contributed by atoms with van der Waals surface area (Å²) in [7, 11) is 0. The summed E-state index contributed by atoms with van der Waals surface area (Å²) in [6.45, 7) is 0.438. The zero-order chi connectivity index (χ0) is 17.6. The number of carbonyl (C=O) groups excluding carboxylic acids is 1. The van der Waals surface area contributed by atoms with E-state index < -0.39 is 0 Å². The number of carbonyl (C=O) groups is 1. The second-order valence-electron chi connectivity index (χ2n) is 5.68. The maximum atomic E-state index is 12.2. The fourth-order valence-corrected chi connectivity index (χ4v) is 3.04. The van der Waals surface area contributed by atoms with E-state index in [1.54, 1.807) is 0 Å². The molecule has 0 radical (unpaired) electrons. The lowest BCUT2D eigenvalue weighted by molar-refractivity contribution is 0.0946. The topological polar surface area (TPSA) is 81.1 Å². The van der Waals surface area contributed by atoms with Crippen molar-refractivity contribution in [3.8, 4) is 0 Å². The van der Waals surface area contributed by atoms with Crippen molar-refractivity contribution in [2.75, 3.05) is 0 Å². The Morgan fingerprint density at radius 1 is 1.16 bits per heavy atom. The molecule has 0 fully saturated rings. The van der Waals surface area contributed by atoms with Gasteiger partial charge in [-0.15, -0.1) is 0 Å². The average molecular weight is 447 g/mol. The van der Waals surface area contributed by atoms with Crippen molar-refractivity contribution in [1.29, 1.82) is 0 Å². The fourth-order valence-electron chi connectivity index (χ4n) is 2.44. The number of halogens is 1. The van der Waals surface area contributed by atoms with Crippen LogP contribution in [0.1, 0.15) is 33.5 Å². The van der Waals surface area contributed by atoms with E-state index in [9.17, 15) is 4.79 Å². The van der Waals surface area contributed by atoms with Crippen LogP contribution in [-0.4, -0.2) is 10.9 Å². The van der Waals surface area contributed by atoms with Crippen molar-refractivity contribution in [3.63, 3.8) is 0 Å². The van der Waals surface area contributed by atoms with Crippen molar-refractivity contribution in [2.45, 2.75) is 19.0 Å². The number of nitrogens with one attached hydrogen (secondary N) is 1. The molecule has 6 heteroatoms. The Balaban J connectivity index is 1.59. The van der Waals surface area contributed by atoms with Gasteiger partial charge in [0.25, 0.3) is 5.91 Å². The number of aromatic nitrogens is 1. The standard InChI is InChI=1S/C19H18IN3O2/c20-15-8-4-7-14(9-15)11-22-18(24)17-12-25-19(23-17)16(21)10-13-5-2-1-3-6-13/h1-9,12,16H,10-11,21H2,(H,22,24). The van der Waals surface area contributed by atoms with Crippen molar-refractivity contribution in [1.82, 2.24) is 10.3 Å². The van der Waals surface area contributed by atoms with Gasteiger partial charge in [-0.05, 0) is 52.3 Å². The zero-order valence-electron chi connectivity index (χ0n) is 13.5. The van der Waals surface area contributed by atoms with Crippen LogP contribution in [0, 0.1) is 3.57 Å². The molecule has 0 aliphatic carbocycles. The van der Waals surface area contributed by atoms with E-state index in [2.05, 4.69) is 32.9 Å². The van der Waals surface area contributed by atoms with E-state index in [0.717, 1.165) is 14.7 Å². The SMILES string of the molecule is NC(Cc1ccccc1)c1nc(C(=O)NCc2cccc(I)c2)co1. The molecule has 0 aliphatic rings. The van der Waals surface area contributed by atoms with Crippen LogP contribution in [-0.2, 0) is 13.0 Å². The molecule has 5 nitrogen and oxygen atoms in total. The maximum Gasteiger partial charge on any atom is 0.273 e. The molecule has 1 heterocycles. The molecule has 3 rings (SSSR count). The quantitative estimate of drug-likeness (QED) is 0.568. The molecular weight excluding hydrogens is 429 g/mol. The molecule has 128 valence electrons. The maximum absolute atomic E-state index is 12.2. The summed E-state index contributed by atoms with van der Waals surface area (Å²) in [6, 6.07) is 17.4. The molecule has 3 N–H and O–H groups in total. The first-order chi connectivity index (χ1) is 12.1. The largest absolute Gasteiger partial charge is 0.446 e. The Kier molecular flexibility index (Phi) is 5.83. The van der Waals surface area contributed by atoms with Gasteiger partial charge in [-0.25, -0.2) is 4.98 Å². The summed E-state index contributed by atoms with van der Waals surface area (Å²) in [4.78, 5) is 16.5. The third kappa shape index (κ3) is 4.90. The van der Waals surface area contributed by atoms with Gasteiger partial charge < -0.3 is 15.5 Å². The molecule has 3 aromatic rings. The van der Waals surface area contributed by atoms with Crippen LogP contribution in [0.15, 0.2) is 65.3 Å². The van der Waals surface area contributed by atoms with E-state index in [1.165, 1.54) is 6.26 Å². The van der Waals surface area contributed by atoms with Crippen molar-refractivity contribution >= 4 is 28.5 Å². The minimum absolute atomic E-state index is 0.240. The summed E-state index contributed by atoms with van der Waals surface area (Å²) in [6.07, 6.45) is 1.95. The van der Waals surface area contributed by atoms with Crippen LogP contribution in [0.25, 0.3) is 0 Å². The predicted octanol–water partition coefficient (Wildman–Crippen LogP) is 3.45. The number of oxazole rings is 1. The number of amides is 1. The molecule has 2 aromatic carbocycles. The van der Waals surface area contributed by atoms with Crippen molar-refractivity contribution in [3.05, 3.63) is 87.1 Å². The first-order valence-corrected chi connectivity index (χ1v) is 8.97. The minimum Gasteiger partial charge on any atom is -0.446 e. The highest BCUT2D eigenvalue weighted by Gasteiger charge is 2.17. The molecule has 1 atom stereocenters. The van der Waals surface area contributed by atoms with Gasteiger partial charge in [0.2, 0.25) is 5.89 Å². The van der Waals surface area contributed by atoms with Crippen LogP contribution in [0.3, 0.4) is 0 Å². The van der Waals surface area contributed by atoms with Gasteiger partial charge in [0.05, 0.1) is 6.04 Å². The van der Waals surface area contributed by atoms with Gasteiger partial charge in [0.1, 0.15) is 6.26 Å². The molecular formula is C19H18IN3O2. The normalized spacial score (nSPS) is 11.9. The number of nitrogens with zero attached hydrogens (tertiary/aromatic N) is 1. The van der Waals surface area contributed by atoms with E-state index >= 15 is 0 Å². The van der Waals surface area contributed by atoms with E-state index in [-0.39, 0.29) is 17.6 Å². The lowest BCUT2D eigenvalue weighted by Crippen LogP contribution is -2.23. The fraction of sp³-hybridized carbons (Fsp3) is 0.158. The smallest absolute Gasteiger partial charge is 0.273 e. The number of benzene rings is 2. The molecule has 1 unspecified atom stereocenters. The summed E-state index contributed by atoms with van der Waals surface area (Å²) >= 11 is 2.24. The second-order valence-corrected chi connectivity index (χ2v) is 6.93. The van der Waals surface area contributed by atoms with Gasteiger partial charge in [-0.2, -0.15) is 0 Å².